The van der Waals surface area contributed by atoms with Crippen molar-refractivity contribution in [1.29, 1.82) is 0 Å². The van der Waals surface area contributed by atoms with E-state index in [1.807, 2.05) is 0 Å². The van der Waals surface area contributed by atoms with Crippen molar-refractivity contribution in [3.63, 3.8) is 0 Å². The van der Waals surface area contributed by atoms with Gasteiger partial charge in [-0.05, 0) is 29.8 Å². The maximum atomic E-state index is 12.8. The Morgan fingerprint density at radius 1 is 1.19 bits per heavy atom. The predicted octanol–water partition coefficient (Wildman–Crippen LogP) is 4.80. The first kappa shape index (κ1) is 14.3. The number of ether oxygens (including phenoxy) is 1. The van der Waals surface area contributed by atoms with Gasteiger partial charge in [0.15, 0.2) is 0 Å². The quantitative estimate of drug-likeness (QED) is 0.864. The number of hydrogen-bond donors (Lipinski definition) is 1. The lowest BCUT2D eigenvalue weighted by molar-refractivity contribution is 0.148. The number of hydrogen-bond acceptors (Lipinski definition) is 2. The van der Waals surface area contributed by atoms with E-state index in [0.717, 1.165) is 5.56 Å². The Hall–Kier alpha value is -1.65. The van der Waals surface area contributed by atoms with Gasteiger partial charge in [0.2, 0.25) is 0 Å². The second-order valence-electron chi connectivity index (χ2n) is 5.10. The average molecular weight is 310 g/mol. The summed E-state index contributed by atoms with van der Waals surface area (Å²) in [6, 6.07) is 11.3. The SMILES string of the molecule is N[C@@H]1CC(c2cccc(C(F)F)c2)Oc2ccc(Cl)cc21. The van der Waals surface area contributed by atoms with E-state index in [2.05, 4.69) is 0 Å². The third-order valence-electron chi connectivity index (χ3n) is 3.64. The Morgan fingerprint density at radius 2 is 2.00 bits per heavy atom. The van der Waals surface area contributed by atoms with Crippen LogP contribution < -0.4 is 10.5 Å². The molecule has 5 heteroatoms. The van der Waals surface area contributed by atoms with Crippen LogP contribution in [0.3, 0.4) is 0 Å². The molecule has 2 atom stereocenters. The number of alkyl halides is 2. The number of halogens is 3. The van der Waals surface area contributed by atoms with E-state index in [1.54, 1.807) is 30.3 Å². The topological polar surface area (TPSA) is 35.2 Å². The minimum absolute atomic E-state index is 0.00780. The highest BCUT2D eigenvalue weighted by Crippen LogP contribution is 2.41. The van der Waals surface area contributed by atoms with Crippen molar-refractivity contribution in [2.75, 3.05) is 0 Å². The van der Waals surface area contributed by atoms with Crippen LogP contribution in [0.15, 0.2) is 42.5 Å². The zero-order chi connectivity index (χ0) is 15.0. The molecule has 2 aromatic rings. The van der Waals surface area contributed by atoms with E-state index in [4.69, 9.17) is 22.1 Å². The van der Waals surface area contributed by atoms with Gasteiger partial charge >= 0.3 is 0 Å². The maximum Gasteiger partial charge on any atom is 0.263 e. The molecule has 0 amide bonds. The summed E-state index contributed by atoms with van der Waals surface area (Å²) in [5.74, 6) is 0.658. The fourth-order valence-corrected chi connectivity index (χ4v) is 2.76. The molecule has 2 aromatic carbocycles. The molecule has 3 rings (SSSR count). The maximum absolute atomic E-state index is 12.8. The summed E-state index contributed by atoms with van der Waals surface area (Å²) in [4.78, 5) is 0. The van der Waals surface area contributed by atoms with Crippen LogP contribution in [-0.2, 0) is 0 Å². The van der Waals surface area contributed by atoms with Crippen LogP contribution in [0.25, 0.3) is 0 Å². The summed E-state index contributed by atoms with van der Waals surface area (Å²) in [6.45, 7) is 0. The number of rotatable bonds is 2. The summed E-state index contributed by atoms with van der Waals surface area (Å²) >= 11 is 5.96. The zero-order valence-corrected chi connectivity index (χ0v) is 11.9. The second-order valence-corrected chi connectivity index (χ2v) is 5.54. The van der Waals surface area contributed by atoms with Crippen LogP contribution in [0, 0.1) is 0 Å². The van der Waals surface area contributed by atoms with E-state index < -0.39 is 6.43 Å². The van der Waals surface area contributed by atoms with Crippen molar-refractivity contribution in [3.05, 3.63) is 64.2 Å². The third-order valence-corrected chi connectivity index (χ3v) is 3.88. The average Bonchev–Trinajstić information content (AvgIpc) is 2.48. The lowest BCUT2D eigenvalue weighted by Crippen LogP contribution is -2.24. The minimum atomic E-state index is -2.49. The normalized spacial score (nSPS) is 21.0. The van der Waals surface area contributed by atoms with E-state index >= 15 is 0 Å². The van der Waals surface area contributed by atoms with Crippen molar-refractivity contribution in [3.8, 4) is 5.75 Å². The molecule has 2 N–H and O–H groups in total. The van der Waals surface area contributed by atoms with Gasteiger partial charge in [-0.1, -0.05) is 29.8 Å². The molecule has 1 aliphatic heterocycles. The van der Waals surface area contributed by atoms with Crippen LogP contribution in [0.4, 0.5) is 8.78 Å². The largest absolute Gasteiger partial charge is 0.485 e. The lowest BCUT2D eigenvalue weighted by atomic mass is 9.93. The zero-order valence-electron chi connectivity index (χ0n) is 11.1. The molecule has 0 radical (unpaired) electrons. The van der Waals surface area contributed by atoms with Crippen LogP contribution in [0.1, 0.15) is 41.7 Å². The highest BCUT2D eigenvalue weighted by atomic mass is 35.5. The summed E-state index contributed by atoms with van der Waals surface area (Å²) in [7, 11) is 0. The van der Waals surface area contributed by atoms with Crippen molar-refractivity contribution >= 4 is 11.6 Å². The first-order chi connectivity index (χ1) is 10.0. The molecule has 0 bridgehead atoms. The van der Waals surface area contributed by atoms with E-state index in [0.29, 0.717) is 22.8 Å². The van der Waals surface area contributed by atoms with Crippen LogP contribution in [-0.4, -0.2) is 0 Å². The standard InChI is InChI=1S/C16H14ClF2NO/c17-11-4-5-14-12(7-11)13(20)8-15(21-14)9-2-1-3-10(6-9)16(18)19/h1-7,13,15-16H,8,20H2/t13-,15?/m1/s1. The smallest absolute Gasteiger partial charge is 0.263 e. The van der Waals surface area contributed by atoms with Gasteiger partial charge in [-0.25, -0.2) is 8.78 Å². The van der Waals surface area contributed by atoms with Crippen molar-refractivity contribution in [1.82, 2.24) is 0 Å². The highest BCUT2D eigenvalue weighted by Gasteiger charge is 2.27. The highest BCUT2D eigenvalue weighted by molar-refractivity contribution is 6.30. The summed E-state index contributed by atoms with van der Waals surface area (Å²) in [6.07, 6.45) is -2.29. The van der Waals surface area contributed by atoms with Gasteiger partial charge in [0.1, 0.15) is 11.9 Å². The fourth-order valence-electron chi connectivity index (χ4n) is 2.57. The molecular formula is C16H14ClF2NO. The second kappa shape index (κ2) is 5.62. The number of benzene rings is 2. The minimum Gasteiger partial charge on any atom is -0.485 e. The molecule has 0 aliphatic carbocycles. The molecule has 0 spiro atoms. The monoisotopic (exact) mass is 309 g/mol. The van der Waals surface area contributed by atoms with E-state index in [1.165, 1.54) is 12.1 Å². The fraction of sp³-hybridized carbons (Fsp3) is 0.250. The number of fused-ring (bicyclic) bond motifs is 1. The summed E-state index contributed by atoms with van der Waals surface area (Å²) in [5.41, 5.74) is 7.71. The third kappa shape index (κ3) is 2.87. The first-order valence-electron chi connectivity index (χ1n) is 6.64. The molecule has 21 heavy (non-hydrogen) atoms. The Kier molecular flexibility index (Phi) is 3.83. The Bertz CT molecular complexity index is 662. The summed E-state index contributed by atoms with van der Waals surface area (Å²) in [5, 5.41) is 0.603. The Labute approximate surface area is 126 Å². The van der Waals surface area contributed by atoms with Gasteiger partial charge in [0.25, 0.3) is 6.43 Å². The first-order valence-corrected chi connectivity index (χ1v) is 7.02. The summed E-state index contributed by atoms with van der Waals surface area (Å²) < 4.78 is 31.5. The predicted molar refractivity (Wildman–Crippen MR) is 77.8 cm³/mol. The van der Waals surface area contributed by atoms with Gasteiger partial charge in [0.05, 0.1) is 0 Å². The molecule has 1 aliphatic rings. The van der Waals surface area contributed by atoms with Crippen LogP contribution >= 0.6 is 11.6 Å². The Balaban J connectivity index is 1.92. The van der Waals surface area contributed by atoms with Gasteiger partial charge in [0, 0.05) is 28.6 Å². The molecule has 0 saturated carbocycles. The Morgan fingerprint density at radius 3 is 2.76 bits per heavy atom. The van der Waals surface area contributed by atoms with Gasteiger partial charge in [-0.3, -0.25) is 0 Å². The molecule has 2 nitrogen and oxygen atoms in total. The molecule has 1 unspecified atom stereocenters. The van der Waals surface area contributed by atoms with Crippen LogP contribution in [0.5, 0.6) is 5.75 Å². The van der Waals surface area contributed by atoms with Gasteiger partial charge in [-0.15, -0.1) is 0 Å². The molecule has 110 valence electrons. The van der Waals surface area contributed by atoms with E-state index in [-0.39, 0.29) is 17.7 Å². The molecule has 1 heterocycles. The van der Waals surface area contributed by atoms with E-state index in [9.17, 15) is 8.78 Å². The lowest BCUT2D eigenvalue weighted by Gasteiger charge is -2.31. The molecule has 0 fully saturated rings. The van der Waals surface area contributed by atoms with Crippen molar-refractivity contribution < 1.29 is 13.5 Å². The van der Waals surface area contributed by atoms with Gasteiger partial charge < -0.3 is 10.5 Å². The molecule has 0 saturated heterocycles. The number of nitrogens with two attached hydrogens (primary N) is 1. The molecule has 0 aromatic heterocycles. The van der Waals surface area contributed by atoms with Gasteiger partial charge in [-0.2, -0.15) is 0 Å². The van der Waals surface area contributed by atoms with Crippen molar-refractivity contribution in [2.45, 2.75) is 25.0 Å². The molecular weight excluding hydrogens is 296 g/mol. The van der Waals surface area contributed by atoms with Crippen molar-refractivity contribution in [2.24, 2.45) is 5.73 Å². The van der Waals surface area contributed by atoms with Crippen LogP contribution in [0.2, 0.25) is 5.02 Å².